The van der Waals surface area contributed by atoms with Crippen molar-refractivity contribution in [2.24, 2.45) is 0 Å². The number of ether oxygens (including phenoxy) is 1. The van der Waals surface area contributed by atoms with Crippen LogP contribution in [0.4, 0.5) is 0 Å². The van der Waals surface area contributed by atoms with Gasteiger partial charge in [-0.25, -0.2) is 0 Å². The molecule has 10 heavy (non-hydrogen) atoms. The first kappa shape index (κ1) is 10.2. The van der Waals surface area contributed by atoms with Crippen LogP contribution in [-0.4, -0.2) is 44.1 Å². The Kier molecular flexibility index (Phi) is 7.47. The number of likely N-dealkylation sites (N-methyl/N-ethyl adjacent to an activating group) is 1. The van der Waals surface area contributed by atoms with E-state index in [1.165, 1.54) is 0 Å². The summed E-state index contributed by atoms with van der Waals surface area (Å²) < 4.78 is 5.17. The highest BCUT2D eigenvalue weighted by Crippen LogP contribution is 1.84. The third kappa shape index (κ3) is 6.33. The van der Waals surface area contributed by atoms with E-state index in [0.29, 0.717) is 5.88 Å². The zero-order chi connectivity index (χ0) is 7.82. The average Bonchev–Trinajstić information content (AvgIpc) is 1.89. The lowest BCUT2D eigenvalue weighted by atomic mass is 10.5. The normalized spacial score (nSPS) is 10.8. The summed E-state index contributed by atoms with van der Waals surface area (Å²) in [5.41, 5.74) is 0. The summed E-state index contributed by atoms with van der Waals surface area (Å²) in [4.78, 5) is 2.16. The van der Waals surface area contributed by atoms with Crippen LogP contribution in [0, 0.1) is 0 Å². The van der Waals surface area contributed by atoms with Crippen LogP contribution in [0.1, 0.15) is 6.92 Å². The van der Waals surface area contributed by atoms with Crippen molar-refractivity contribution in [3.05, 3.63) is 0 Å². The topological polar surface area (TPSA) is 12.5 Å². The Morgan fingerprint density at radius 1 is 1.40 bits per heavy atom. The van der Waals surface area contributed by atoms with E-state index in [-0.39, 0.29) is 0 Å². The molecule has 0 aliphatic heterocycles. The minimum atomic E-state index is 0.697. The monoisotopic (exact) mass is 165 g/mol. The number of hydrogen-bond acceptors (Lipinski definition) is 2. The molecule has 0 aromatic heterocycles. The number of hydrogen-bond donors (Lipinski definition) is 0. The number of rotatable bonds is 6. The minimum Gasteiger partial charge on any atom is -0.380 e. The van der Waals surface area contributed by atoms with E-state index >= 15 is 0 Å². The molecule has 0 unspecified atom stereocenters. The van der Waals surface area contributed by atoms with Crippen LogP contribution in [0.25, 0.3) is 0 Å². The predicted molar refractivity (Wildman–Crippen MR) is 44.7 cm³/mol. The van der Waals surface area contributed by atoms with E-state index < -0.39 is 0 Å². The van der Waals surface area contributed by atoms with Crippen LogP contribution in [-0.2, 0) is 4.74 Å². The van der Waals surface area contributed by atoms with Crippen molar-refractivity contribution in [2.45, 2.75) is 6.92 Å². The quantitative estimate of drug-likeness (QED) is 0.433. The molecule has 0 saturated heterocycles. The molecule has 0 saturated carbocycles. The third-order valence-electron chi connectivity index (χ3n) is 1.29. The average molecular weight is 166 g/mol. The number of halogens is 1. The van der Waals surface area contributed by atoms with Crippen molar-refractivity contribution in [1.82, 2.24) is 4.90 Å². The molecule has 62 valence electrons. The van der Waals surface area contributed by atoms with Gasteiger partial charge in [0.1, 0.15) is 0 Å². The van der Waals surface area contributed by atoms with E-state index in [1.807, 2.05) is 14.0 Å². The molecule has 0 fully saturated rings. The third-order valence-corrected chi connectivity index (χ3v) is 1.46. The summed E-state index contributed by atoms with van der Waals surface area (Å²) in [5, 5.41) is 0. The molecule has 0 aliphatic rings. The predicted octanol–water partition coefficient (Wildman–Crippen LogP) is 1.19. The number of alkyl halides is 1. The zero-order valence-corrected chi connectivity index (χ0v) is 7.52. The number of nitrogens with zero attached hydrogens (tertiary/aromatic N) is 1. The van der Waals surface area contributed by atoms with Gasteiger partial charge in [0.05, 0.1) is 6.61 Å². The molecule has 0 aromatic carbocycles. The van der Waals surface area contributed by atoms with Crippen molar-refractivity contribution in [1.29, 1.82) is 0 Å². The van der Waals surface area contributed by atoms with E-state index in [1.54, 1.807) is 0 Å². The molecule has 3 heteroatoms. The van der Waals surface area contributed by atoms with E-state index in [9.17, 15) is 0 Å². The molecule has 0 bridgehead atoms. The molecular formula is C7H16ClNO. The van der Waals surface area contributed by atoms with Gasteiger partial charge in [0, 0.05) is 25.6 Å². The van der Waals surface area contributed by atoms with E-state index in [0.717, 1.165) is 26.3 Å². The highest BCUT2D eigenvalue weighted by Gasteiger charge is 1.94. The Hall–Kier alpha value is 0.210. The molecular weight excluding hydrogens is 150 g/mol. The molecule has 0 atom stereocenters. The summed E-state index contributed by atoms with van der Waals surface area (Å²) in [6, 6.07) is 0. The van der Waals surface area contributed by atoms with Crippen molar-refractivity contribution in [2.75, 3.05) is 39.2 Å². The molecule has 0 radical (unpaired) electrons. The van der Waals surface area contributed by atoms with Gasteiger partial charge in [-0.2, -0.15) is 0 Å². The Bertz CT molecular complexity index is 70.6. The van der Waals surface area contributed by atoms with Crippen LogP contribution in [0.15, 0.2) is 0 Å². The lowest BCUT2D eigenvalue weighted by Gasteiger charge is -2.13. The molecule has 0 aliphatic carbocycles. The SMILES string of the molecule is CCOCCN(C)CCCl. The Labute approximate surface area is 68.1 Å². The summed E-state index contributed by atoms with van der Waals surface area (Å²) in [5.74, 6) is 0.697. The van der Waals surface area contributed by atoms with Crippen LogP contribution in [0.2, 0.25) is 0 Å². The molecule has 0 spiro atoms. The first-order valence-corrected chi connectivity index (χ1v) is 4.17. The molecule has 0 aromatic rings. The van der Waals surface area contributed by atoms with Crippen LogP contribution in [0.5, 0.6) is 0 Å². The summed E-state index contributed by atoms with van der Waals surface area (Å²) >= 11 is 5.53. The first-order valence-electron chi connectivity index (χ1n) is 3.63. The van der Waals surface area contributed by atoms with E-state index in [2.05, 4.69) is 4.90 Å². The maximum atomic E-state index is 5.53. The van der Waals surface area contributed by atoms with Crippen molar-refractivity contribution >= 4 is 11.6 Å². The second-order valence-corrected chi connectivity index (χ2v) is 2.57. The van der Waals surface area contributed by atoms with Crippen LogP contribution >= 0.6 is 11.6 Å². The maximum Gasteiger partial charge on any atom is 0.0593 e. The molecule has 2 nitrogen and oxygen atoms in total. The van der Waals surface area contributed by atoms with E-state index in [4.69, 9.17) is 16.3 Å². The Morgan fingerprint density at radius 2 is 2.10 bits per heavy atom. The van der Waals surface area contributed by atoms with Crippen molar-refractivity contribution in [3.8, 4) is 0 Å². The van der Waals surface area contributed by atoms with Gasteiger partial charge in [0.15, 0.2) is 0 Å². The Balaban J connectivity index is 2.97. The fourth-order valence-electron chi connectivity index (χ4n) is 0.621. The first-order chi connectivity index (χ1) is 4.81. The zero-order valence-electron chi connectivity index (χ0n) is 6.77. The van der Waals surface area contributed by atoms with Gasteiger partial charge in [-0.3, -0.25) is 0 Å². The minimum absolute atomic E-state index is 0.697. The maximum absolute atomic E-state index is 5.53. The second-order valence-electron chi connectivity index (χ2n) is 2.19. The van der Waals surface area contributed by atoms with Crippen molar-refractivity contribution < 1.29 is 4.74 Å². The smallest absolute Gasteiger partial charge is 0.0593 e. The van der Waals surface area contributed by atoms with Gasteiger partial charge in [-0.15, -0.1) is 11.6 Å². The molecule has 0 rings (SSSR count). The molecule has 0 heterocycles. The largest absolute Gasteiger partial charge is 0.380 e. The summed E-state index contributed by atoms with van der Waals surface area (Å²) in [6.45, 7) is 5.52. The fourth-order valence-corrected chi connectivity index (χ4v) is 0.909. The van der Waals surface area contributed by atoms with Crippen molar-refractivity contribution in [3.63, 3.8) is 0 Å². The Morgan fingerprint density at radius 3 is 2.60 bits per heavy atom. The molecule has 0 amide bonds. The van der Waals surface area contributed by atoms with Gasteiger partial charge in [-0.05, 0) is 14.0 Å². The highest BCUT2D eigenvalue weighted by molar-refractivity contribution is 6.18. The second kappa shape index (κ2) is 7.32. The summed E-state index contributed by atoms with van der Waals surface area (Å²) in [7, 11) is 2.04. The van der Waals surface area contributed by atoms with Gasteiger partial charge < -0.3 is 9.64 Å². The lowest BCUT2D eigenvalue weighted by molar-refractivity contribution is 0.124. The lowest BCUT2D eigenvalue weighted by Crippen LogP contribution is -2.25. The highest BCUT2D eigenvalue weighted by atomic mass is 35.5. The van der Waals surface area contributed by atoms with Crippen LogP contribution in [0.3, 0.4) is 0 Å². The van der Waals surface area contributed by atoms with Gasteiger partial charge in [-0.1, -0.05) is 0 Å². The molecule has 0 N–H and O–H groups in total. The summed E-state index contributed by atoms with van der Waals surface area (Å²) in [6.07, 6.45) is 0. The standard InChI is InChI=1S/C7H16ClNO/c1-3-10-7-6-9(2)5-4-8/h3-7H2,1-2H3. The van der Waals surface area contributed by atoms with Gasteiger partial charge >= 0.3 is 0 Å². The van der Waals surface area contributed by atoms with Gasteiger partial charge in [0.25, 0.3) is 0 Å². The van der Waals surface area contributed by atoms with Gasteiger partial charge in [0.2, 0.25) is 0 Å². The fraction of sp³-hybridized carbons (Fsp3) is 1.00. The van der Waals surface area contributed by atoms with Crippen LogP contribution < -0.4 is 0 Å².